The average Bonchev–Trinajstić information content (AvgIpc) is 2.78. The van der Waals surface area contributed by atoms with Gasteiger partial charge in [-0.05, 0) is 28.1 Å². The van der Waals surface area contributed by atoms with Gasteiger partial charge in [-0.25, -0.2) is 0 Å². The molecule has 2 aromatic rings. The SMILES string of the molecule is CC(C)C(=O)Cc1nc(-c2ccc(Br)cn2)no1. The molecule has 0 radical (unpaired) electrons. The van der Waals surface area contributed by atoms with E-state index in [2.05, 4.69) is 31.1 Å². The lowest BCUT2D eigenvalue weighted by atomic mass is 10.1. The van der Waals surface area contributed by atoms with Gasteiger partial charge in [0.25, 0.3) is 0 Å². The summed E-state index contributed by atoms with van der Waals surface area (Å²) in [5.41, 5.74) is 0.616. The maximum atomic E-state index is 11.6. The van der Waals surface area contributed by atoms with Crippen LogP contribution >= 0.6 is 15.9 Å². The van der Waals surface area contributed by atoms with Gasteiger partial charge in [0.2, 0.25) is 11.7 Å². The third-order valence-electron chi connectivity index (χ3n) is 2.39. The van der Waals surface area contributed by atoms with Crippen LogP contribution in [0.3, 0.4) is 0 Å². The molecule has 2 heterocycles. The summed E-state index contributed by atoms with van der Waals surface area (Å²) in [6, 6.07) is 3.63. The van der Waals surface area contributed by atoms with E-state index >= 15 is 0 Å². The third kappa shape index (κ3) is 3.01. The van der Waals surface area contributed by atoms with Crippen molar-refractivity contribution in [3.8, 4) is 11.5 Å². The van der Waals surface area contributed by atoms with Crippen LogP contribution in [-0.4, -0.2) is 20.9 Å². The molecule has 0 aliphatic rings. The second kappa shape index (κ2) is 5.39. The van der Waals surface area contributed by atoms with E-state index in [0.717, 1.165) is 4.47 Å². The second-order valence-corrected chi connectivity index (χ2v) is 5.09. The molecule has 0 aliphatic heterocycles. The van der Waals surface area contributed by atoms with Crippen molar-refractivity contribution in [3.05, 3.63) is 28.7 Å². The Morgan fingerprint density at radius 3 is 2.83 bits per heavy atom. The monoisotopic (exact) mass is 309 g/mol. The van der Waals surface area contributed by atoms with Crippen molar-refractivity contribution in [2.75, 3.05) is 0 Å². The topological polar surface area (TPSA) is 68.9 Å². The van der Waals surface area contributed by atoms with Crippen LogP contribution in [0.5, 0.6) is 0 Å². The summed E-state index contributed by atoms with van der Waals surface area (Å²) in [6.45, 7) is 3.69. The van der Waals surface area contributed by atoms with Crippen molar-refractivity contribution < 1.29 is 9.32 Å². The molecular formula is C12H12BrN3O2. The highest BCUT2D eigenvalue weighted by Gasteiger charge is 2.15. The van der Waals surface area contributed by atoms with E-state index in [1.165, 1.54) is 0 Å². The molecule has 0 saturated heterocycles. The number of rotatable bonds is 4. The van der Waals surface area contributed by atoms with Gasteiger partial charge < -0.3 is 4.52 Å². The zero-order valence-corrected chi connectivity index (χ0v) is 11.6. The normalized spacial score (nSPS) is 10.9. The Bertz CT molecular complexity index is 549. The van der Waals surface area contributed by atoms with Gasteiger partial charge in [0.15, 0.2) is 0 Å². The van der Waals surface area contributed by atoms with Crippen molar-refractivity contribution in [1.29, 1.82) is 0 Å². The third-order valence-corrected chi connectivity index (χ3v) is 2.86. The summed E-state index contributed by atoms with van der Waals surface area (Å²) in [7, 11) is 0. The zero-order chi connectivity index (χ0) is 13.1. The van der Waals surface area contributed by atoms with Gasteiger partial charge in [0.05, 0.1) is 6.42 Å². The Hall–Kier alpha value is -1.56. The summed E-state index contributed by atoms with van der Waals surface area (Å²) in [5.74, 6) is 0.766. The van der Waals surface area contributed by atoms with Crippen LogP contribution in [0.1, 0.15) is 19.7 Å². The Morgan fingerprint density at radius 2 is 2.22 bits per heavy atom. The van der Waals surface area contributed by atoms with E-state index in [1.54, 1.807) is 12.3 Å². The van der Waals surface area contributed by atoms with Gasteiger partial charge in [0.1, 0.15) is 11.5 Å². The van der Waals surface area contributed by atoms with E-state index < -0.39 is 0 Å². The van der Waals surface area contributed by atoms with Crippen molar-refractivity contribution in [2.45, 2.75) is 20.3 Å². The number of pyridine rings is 1. The fourth-order valence-electron chi connectivity index (χ4n) is 1.29. The first-order chi connectivity index (χ1) is 8.56. The molecule has 5 nitrogen and oxygen atoms in total. The predicted octanol–water partition coefficient (Wildman–Crippen LogP) is 2.66. The number of hydrogen-bond acceptors (Lipinski definition) is 5. The van der Waals surface area contributed by atoms with Crippen molar-refractivity contribution >= 4 is 21.7 Å². The van der Waals surface area contributed by atoms with Gasteiger partial charge in [-0.2, -0.15) is 4.98 Å². The van der Waals surface area contributed by atoms with Crippen LogP contribution in [0.4, 0.5) is 0 Å². The van der Waals surface area contributed by atoms with Crippen LogP contribution in [0.15, 0.2) is 27.3 Å². The van der Waals surface area contributed by atoms with Gasteiger partial charge in [-0.15, -0.1) is 0 Å². The number of aromatic nitrogens is 3. The van der Waals surface area contributed by atoms with Gasteiger partial charge in [0, 0.05) is 16.6 Å². The van der Waals surface area contributed by atoms with E-state index in [1.807, 2.05) is 19.9 Å². The predicted molar refractivity (Wildman–Crippen MR) is 68.8 cm³/mol. The summed E-state index contributed by atoms with van der Waals surface area (Å²) >= 11 is 3.30. The Labute approximate surface area is 113 Å². The van der Waals surface area contributed by atoms with Crippen molar-refractivity contribution in [3.63, 3.8) is 0 Å². The first-order valence-corrected chi connectivity index (χ1v) is 6.33. The molecule has 0 aliphatic carbocycles. The summed E-state index contributed by atoms with van der Waals surface area (Å²) in [6.07, 6.45) is 1.83. The highest BCUT2D eigenvalue weighted by molar-refractivity contribution is 9.10. The number of nitrogens with zero attached hydrogens (tertiary/aromatic N) is 3. The Balaban J connectivity index is 2.15. The molecule has 0 atom stereocenters. The number of Topliss-reactive ketones (excluding diaryl/α,β-unsaturated/α-hetero) is 1. The highest BCUT2D eigenvalue weighted by atomic mass is 79.9. The molecule has 0 fully saturated rings. The maximum Gasteiger partial charge on any atom is 0.234 e. The summed E-state index contributed by atoms with van der Waals surface area (Å²) in [4.78, 5) is 19.9. The molecule has 0 N–H and O–H groups in total. The Kier molecular flexibility index (Phi) is 3.86. The van der Waals surface area contributed by atoms with E-state index in [9.17, 15) is 4.79 Å². The van der Waals surface area contributed by atoms with Crippen LogP contribution in [0.25, 0.3) is 11.5 Å². The highest BCUT2D eigenvalue weighted by Crippen LogP contribution is 2.16. The molecule has 0 saturated carbocycles. The van der Waals surface area contributed by atoms with Crippen LogP contribution in [-0.2, 0) is 11.2 Å². The van der Waals surface area contributed by atoms with Gasteiger partial charge >= 0.3 is 0 Å². The molecule has 6 heteroatoms. The first kappa shape index (κ1) is 12.9. The molecule has 0 aromatic carbocycles. The number of carbonyl (C=O) groups excluding carboxylic acids is 1. The standard InChI is InChI=1S/C12H12BrN3O2/c1-7(2)10(17)5-11-15-12(16-18-11)9-4-3-8(13)6-14-9/h3-4,6-7H,5H2,1-2H3. The number of hydrogen-bond donors (Lipinski definition) is 0. The molecule has 94 valence electrons. The molecule has 18 heavy (non-hydrogen) atoms. The van der Waals surface area contributed by atoms with Crippen LogP contribution in [0.2, 0.25) is 0 Å². The van der Waals surface area contributed by atoms with E-state index in [-0.39, 0.29) is 18.1 Å². The lowest BCUT2D eigenvalue weighted by Crippen LogP contribution is -2.10. The molecule has 2 aromatic heterocycles. The lowest BCUT2D eigenvalue weighted by Gasteiger charge is -1.98. The number of ketones is 1. The molecular weight excluding hydrogens is 298 g/mol. The van der Waals surface area contributed by atoms with Crippen molar-refractivity contribution in [1.82, 2.24) is 15.1 Å². The molecule has 0 unspecified atom stereocenters. The largest absolute Gasteiger partial charge is 0.338 e. The lowest BCUT2D eigenvalue weighted by molar-refractivity contribution is -0.121. The fraction of sp³-hybridized carbons (Fsp3) is 0.333. The van der Waals surface area contributed by atoms with Crippen molar-refractivity contribution in [2.24, 2.45) is 5.92 Å². The minimum atomic E-state index is -0.0360. The fourth-order valence-corrected chi connectivity index (χ4v) is 1.53. The molecule has 0 amide bonds. The zero-order valence-electron chi connectivity index (χ0n) is 10.1. The molecule has 2 rings (SSSR count). The summed E-state index contributed by atoms with van der Waals surface area (Å²) in [5, 5.41) is 3.81. The minimum Gasteiger partial charge on any atom is -0.338 e. The van der Waals surface area contributed by atoms with Crippen LogP contribution < -0.4 is 0 Å². The molecule has 0 bridgehead atoms. The average molecular weight is 310 g/mol. The van der Waals surface area contributed by atoms with E-state index in [0.29, 0.717) is 17.4 Å². The number of halogens is 1. The first-order valence-electron chi connectivity index (χ1n) is 5.53. The second-order valence-electron chi connectivity index (χ2n) is 4.17. The smallest absolute Gasteiger partial charge is 0.234 e. The Morgan fingerprint density at radius 1 is 1.44 bits per heavy atom. The quantitative estimate of drug-likeness (QED) is 0.868. The van der Waals surface area contributed by atoms with E-state index in [4.69, 9.17) is 4.52 Å². The number of carbonyl (C=O) groups is 1. The minimum absolute atomic E-state index is 0.0360. The van der Waals surface area contributed by atoms with Gasteiger partial charge in [-0.1, -0.05) is 19.0 Å². The van der Waals surface area contributed by atoms with Gasteiger partial charge in [-0.3, -0.25) is 9.78 Å². The molecule has 0 spiro atoms. The van der Waals surface area contributed by atoms with Crippen LogP contribution in [0, 0.1) is 5.92 Å². The summed E-state index contributed by atoms with van der Waals surface area (Å²) < 4.78 is 5.92. The maximum absolute atomic E-state index is 11.6.